The maximum Gasteiger partial charge on any atom is 0.0998 e. The van der Waals surface area contributed by atoms with E-state index in [1.54, 1.807) is 0 Å². The third kappa shape index (κ3) is 4.45. The lowest BCUT2D eigenvalue weighted by Crippen LogP contribution is -2.01. The fourth-order valence-electron chi connectivity index (χ4n) is 8.80. The largest absolute Gasteiger partial charge is 0.309 e. The van der Waals surface area contributed by atoms with Crippen molar-refractivity contribution in [3.05, 3.63) is 187 Å². The predicted molar refractivity (Wildman–Crippen MR) is 224 cm³/mol. The topological polar surface area (TPSA) is 62.4 Å². The van der Waals surface area contributed by atoms with Crippen molar-refractivity contribution < 1.29 is 0 Å². The van der Waals surface area contributed by atoms with Gasteiger partial charge in [0.15, 0.2) is 0 Å². The number of nitriles is 2. The van der Waals surface area contributed by atoms with Gasteiger partial charge in [0.25, 0.3) is 0 Å². The van der Waals surface area contributed by atoms with Crippen LogP contribution in [0.1, 0.15) is 11.1 Å². The zero-order valence-electron chi connectivity index (χ0n) is 29.5. The van der Waals surface area contributed by atoms with Crippen LogP contribution in [0.2, 0.25) is 0 Å². The summed E-state index contributed by atoms with van der Waals surface area (Å²) in [4.78, 5) is 0. The summed E-state index contributed by atoms with van der Waals surface area (Å²) in [5.74, 6) is 0. The van der Waals surface area contributed by atoms with Gasteiger partial charge in [-0.05, 0) is 78.4 Å². The second-order valence-corrected chi connectivity index (χ2v) is 14.0. The molecule has 0 atom stereocenters. The molecule has 8 aromatic carbocycles. The summed E-state index contributed by atoms with van der Waals surface area (Å²) in [5, 5.41) is 27.4. The second kappa shape index (κ2) is 11.8. The average molecular weight is 700 g/mol. The molecule has 3 heterocycles. The zero-order valence-corrected chi connectivity index (χ0v) is 29.5. The molecular formula is C50H29N5. The fourth-order valence-corrected chi connectivity index (χ4v) is 8.80. The first-order chi connectivity index (χ1) is 27.2. The summed E-state index contributed by atoms with van der Waals surface area (Å²) < 4.78 is 6.90. The molecule has 55 heavy (non-hydrogen) atoms. The number of nitrogens with zero attached hydrogens (tertiary/aromatic N) is 5. The highest BCUT2D eigenvalue weighted by atomic mass is 15.0. The van der Waals surface area contributed by atoms with Crippen LogP contribution in [-0.4, -0.2) is 13.7 Å². The maximum absolute atomic E-state index is 10.7. The number of para-hydroxylation sites is 4. The molecule has 0 amide bonds. The Kier molecular flexibility index (Phi) is 6.61. The van der Waals surface area contributed by atoms with Crippen molar-refractivity contribution in [1.29, 1.82) is 10.5 Å². The first kappa shape index (κ1) is 30.7. The summed E-state index contributed by atoms with van der Waals surface area (Å²) in [5.41, 5.74) is 12.4. The van der Waals surface area contributed by atoms with Crippen molar-refractivity contribution >= 4 is 65.4 Å². The Labute approximate surface area is 316 Å². The van der Waals surface area contributed by atoms with Gasteiger partial charge in [0.1, 0.15) is 0 Å². The molecule has 5 nitrogen and oxygen atoms in total. The van der Waals surface area contributed by atoms with Gasteiger partial charge in [-0.15, -0.1) is 0 Å². The van der Waals surface area contributed by atoms with E-state index in [2.05, 4.69) is 165 Å². The molecule has 0 aliphatic carbocycles. The van der Waals surface area contributed by atoms with Gasteiger partial charge in [-0.2, -0.15) is 10.5 Å². The molecule has 0 radical (unpaired) electrons. The van der Waals surface area contributed by atoms with Crippen molar-refractivity contribution in [2.24, 2.45) is 0 Å². The molecule has 5 heteroatoms. The number of rotatable bonds is 4. The minimum Gasteiger partial charge on any atom is -0.309 e. The first-order valence-electron chi connectivity index (χ1n) is 18.3. The number of hydrogen-bond acceptors (Lipinski definition) is 2. The van der Waals surface area contributed by atoms with Gasteiger partial charge in [-0.1, -0.05) is 103 Å². The highest BCUT2D eigenvalue weighted by Crippen LogP contribution is 2.41. The van der Waals surface area contributed by atoms with Crippen LogP contribution < -0.4 is 0 Å². The van der Waals surface area contributed by atoms with E-state index >= 15 is 0 Å². The minimum atomic E-state index is 0.591. The molecule has 254 valence electrons. The molecule has 0 spiro atoms. The normalized spacial score (nSPS) is 11.6. The average Bonchev–Trinajstić information content (AvgIpc) is 3.88. The van der Waals surface area contributed by atoms with Gasteiger partial charge in [0, 0.05) is 49.3 Å². The summed E-state index contributed by atoms with van der Waals surface area (Å²) >= 11 is 0. The van der Waals surface area contributed by atoms with Crippen LogP contribution in [0.15, 0.2) is 176 Å². The van der Waals surface area contributed by atoms with Crippen LogP contribution in [-0.2, 0) is 0 Å². The lowest BCUT2D eigenvalue weighted by molar-refractivity contribution is 1.15. The van der Waals surface area contributed by atoms with E-state index in [1.165, 1.54) is 10.8 Å². The highest BCUT2D eigenvalue weighted by molar-refractivity contribution is 6.13. The van der Waals surface area contributed by atoms with Crippen molar-refractivity contribution in [1.82, 2.24) is 13.7 Å². The van der Waals surface area contributed by atoms with Gasteiger partial charge < -0.3 is 13.7 Å². The first-order valence-corrected chi connectivity index (χ1v) is 18.3. The van der Waals surface area contributed by atoms with Gasteiger partial charge in [-0.3, -0.25) is 0 Å². The predicted octanol–water partition coefficient (Wildman–Crippen LogP) is 12.4. The van der Waals surface area contributed by atoms with Crippen molar-refractivity contribution in [2.75, 3.05) is 0 Å². The molecule has 0 unspecified atom stereocenters. The maximum atomic E-state index is 10.7. The van der Waals surface area contributed by atoms with E-state index in [0.717, 1.165) is 82.8 Å². The van der Waals surface area contributed by atoms with Crippen molar-refractivity contribution in [3.63, 3.8) is 0 Å². The molecule has 11 aromatic rings. The van der Waals surface area contributed by atoms with E-state index in [0.29, 0.717) is 11.1 Å². The van der Waals surface area contributed by atoms with Crippen LogP contribution in [0.4, 0.5) is 0 Å². The Hall–Kier alpha value is -7.86. The molecule has 0 bridgehead atoms. The van der Waals surface area contributed by atoms with Crippen molar-refractivity contribution in [2.45, 2.75) is 0 Å². The smallest absolute Gasteiger partial charge is 0.0998 e. The summed E-state index contributed by atoms with van der Waals surface area (Å²) in [6, 6.07) is 65.9. The summed E-state index contributed by atoms with van der Waals surface area (Å²) in [6.45, 7) is 0. The van der Waals surface area contributed by atoms with Gasteiger partial charge >= 0.3 is 0 Å². The molecule has 0 aliphatic heterocycles. The lowest BCUT2D eigenvalue weighted by atomic mass is 9.97. The fraction of sp³-hybridized carbons (Fsp3) is 0. The van der Waals surface area contributed by atoms with Gasteiger partial charge in [0.05, 0.1) is 62.1 Å². The highest BCUT2D eigenvalue weighted by Gasteiger charge is 2.21. The Morgan fingerprint density at radius 2 is 0.836 bits per heavy atom. The molecule has 0 fully saturated rings. The number of fused-ring (bicyclic) bond motifs is 9. The van der Waals surface area contributed by atoms with Crippen LogP contribution in [0.3, 0.4) is 0 Å². The number of benzene rings is 8. The Balaban J connectivity index is 1.18. The Bertz CT molecular complexity index is 3420. The molecule has 0 saturated heterocycles. The zero-order chi connectivity index (χ0) is 36.6. The standard InChI is InChI=1S/C50H29N5/c51-30-32-23-25-41-39-16-3-7-20-45(39)54(48(41)27-32)35-13-9-11-33(28-35)50-34(31-52)12-10-22-47(50)55-46-21-8-4-17-40(46)42-26-24-36(29-49(42)55)53-43-18-5-1-14-37(43)38-15-2-6-19-44(38)53/h1-29H. The van der Waals surface area contributed by atoms with Crippen LogP contribution in [0.25, 0.3) is 93.6 Å². The van der Waals surface area contributed by atoms with Gasteiger partial charge in [0.2, 0.25) is 0 Å². The van der Waals surface area contributed by atoms with E-state index in [9.17, 15) is 10.5 Å². The minimum absolute atomic E-state index is 0.591. The van der Waals surface area contributed by atoms with E-state index < -0.39 is 0 Å². The summed E-state index contributed by atoms with van der Waals surface area (Å²) in [6.07, 6.45) is 0. The van der Waals surface area contributed by atoms with E-state index in [4.69, 9.17) is 0 Å². The summed E-state index contributed by atoms with van der Waals surface area (Å²) in [7, 11) is 0. The Morgan fingerprint density at radius 3 is 1.44 bits per heavy atom. The van der Waals surface area contributed by atoms with Gasteiger partial charge in [-0.25, -0.2) is 0 Å². The number of hydrogen-bond donors (Lipinski definition) is 0. The Morgan fingerprint density at radius 1 is 0.345 bits per heavy atom. The second-order valence-electron chi connectivity index (χ2n) is 14.0. The molecule has 11 rings (SSSR count). The van der Waals surface area contributed by atoms with E-state index in [1.807, 2.05) is 36.4 Å². The molecule has 0 aliphatic rings. The third-order valence-corrected chi connectivity index (χ3v) is 11.1. The molecule has 0 saturated carbocycles. The number of aromatic nitrogens is 3. The molecule has 0 N–H and O–H groups in total. The van der Waals surface area contributed by atoms with Crippen LogP contribution >= 0.6 is 0 Å². The lowest BCUT2D eigenvalue weighted by Gasteiger charge is -2.17. The van der Waals surface area contributed by atoms with Crippen molar-refractivity contribution in [3.8, 4) is 40.3 Å². The molecular weight excluding hydrogens is 671 g/mol. The van der Waals surface area contributed by atoms with Crippen LogP contribution in [0, 0.1) is 22.7 Å². The monoisotopic (exact) mass is 699 g/mol. The third-order valence-electron chi connectivity index (χ3n) is 11.1. The quantitative estimate of drug-likeness (QED) is 0.184. The molecule has 3 aromatic heterocycles. The van der Waals surface area contributed by atoms with E-state index in [-0.39, 0.29) is 0 Å². The SMILES string of the molecule is N#Cc1ccc2c3ccccc3n(-c3cccc(-c4c(C#N)cccc4-n4c5ccccc5c5ccc(-n6c7ccccc7c7ccccc76)cc54)c3)c2c1. The van der Waals surface area contributed by atoms with Crippen LogP contribution in [0.5, 0.6) is 0 Å².